The molecule has 1 saturated carbocycles. The van der Waals surface area contributed by atoms with Crippen LogP contribution in [0.5, 0.6) is 0 Å². The maximum Gasteiger partial charge on any atom is 0.146 e. The molecule has 0 N–H and O–H groups in total. The summed E-state index contributed by atoms with van der Waals surface area (Å²) in [6.45, 7) is 0. The van der Waals surface area contributed by atoms with E-state index in [1.165, 1.54) is 44.9 Å². The highest BCUT2D eigenvalue weighted by atomic mass is 79.9. The van der Waals surface area contributed by atoms with Gasteiger partial charge in [0.1, 0.15) is 5.78 Å². The van der Waals surface area contributed by atoms with Gasteiger partial charge in [0.05, 0.1) is 4.83 Å². The van der Waals surface area contributed by atoms with Gasteiger partial charge in [0.25, 0.3) is 0 Å². The molecule has 1 unspecified atom stereocenters. The van der Waals surface area contributed by atoms with Crippen LogP contribution in [-0.2, 0) is 4.79 Å². The molecule has 1 aliphatic rings. The van der Waals surface area contributed by atoms with Crippen LogP contribution in [0, 0.1) is 0 Å². The second-order valence-corrected chi connectivity index (χ2v) is 5.41. The Hall–Kier alpha value is 0.150. The van der Waals surface area contributed by atoms with E-state index in [9.17, 15) is 4.79 Å². The third-order valence-corrected chi connectivity index (χ3v) is 3.95. The molecule has 1 aliphatic carbocycles. The van der Waals surface area contributed by atoms with E-state index in [2.05, 4.69) is 15.9 Å². The van der Waals surface area contributed by atoms with Crippen LogP contribution in [0.1, 0.15) is 64.2 Å². The van der Waals surface area contributed by atoms with E-state index >= 15 is 0 Å². The van der Waals surface area contributed by atoms with Gasteiger partial charge < -0.3 is 0 Å². The molecule has 1 rings (SSSR count). The highest BCUT2D eigenvalue weighted by Gasteiger charge is 2.13. The zero-order valence-corrected chi connectivity index (χ0v) is 10.5. The van der Waals surface area contributed by atoms with E-state index in [0.717, 1.165) is 19.3 Å². The smallest absolute Gasteiger partial charge is 0.146 e. The molecule has 0 aromatic carbocycles. The van der Waals surface area contributed by atoms with Gasteiger partial charge in [0, 0.05) is 6.42 Å². The fourth-order valence-electron chi connectivity index (χ4n) is 2.00. The molecule has 0 aromatic heterocycles. The number of carbonyl (C=O) groups is 1. The first-order valence-corrected chi connectivity index (χ1v) is 6.89. The predicted molar refractivity (Wildman–Crippen MR) is 63.9 cm³/mol. The minimum Gasteiger partial charge on any atom is -0.298 e. The Labute approximate surface area is 95.8 Å². The topological polar surface area (TPSA) is 17.1 Å². The summed E-state index contributed by atoms with van der Waals surface area (Å²) in [5.74, 6) is 0.422. The average Bonchev–Trinajstić information content (AvgIpc) is 2.18. The summed E-state index contributed by atoms with van der Waals surface area (Å²) in [6, 6.07) is 0. The number of hydrogen-bond acceptors (Lipinski definition) is 1. The fourth-order valence-corrected chi connectivity index (χ4v) is 2.55. The van der Waals surface area contributed by atoms with Crippen molar-refractivity contribution in [3.63, 3.8) is 0 Å². The minimum absolute atomic E-state index is 0.141. The van der Waals surface area contributed by atoms with E-state index in [1.54, 1.807) is 0 Å². The first kappa shape index (κ1) is 12.2. The minimum atomic E-state index is 0.141. The largest absolute Gasteiger partial charge is 0.298 e. The summed E-state index contributed by atoms with van der Waals surface area (Å²) in [5.41, 5.74) is 0. The SMILES string of the molecule is O=C1CCCCCCCCCCC1Br. The van der Waals surface area contributed by atoms with Crippen LogP contribution in [0.15, 0.2) is 0 Å². The van der Waals surface area contributed by atoms with E-state index in [0.29, 0.717) is 5.78 Å². The maximum absolute atomic E-state index is 11.6. The van der Waals surface area contributed by atoms with Gasteiger partial charge in [-0.05, 0) is 12.8 Å². The Bertz CT molecular complexity index is 168. The van der Waals surface area contributed by atoms with E-state index in [4.69, 9.17) is 0 Å². The van der Waals surface area contributed by atoms with Crippen LogP contribution in [0.4, 0.5) is 0 Å². The van der Waals surface area contributed by atoms with Crippen molar-refractivity contribution in [1.29, 1.82) is 0 Å². The van der Waals surface area contributed by atoms with Crippen LogP contribution in [-0.4, -0.2) is 10.6 Å². The van der Waals surface area contributed by atoms with Crippen molar-refractivity contribution in [2.75, 3.05) is 0 Å². The Kier molecular flexibility index (Phi) is 6.50. The van der Waals surface area contributed by atoms with Gasteiger partial charge in [0.2, 0.25) is 0 Å². The summed E-state index contributed by atoms with van der Waals surface area (Å²) in [7, 11) is 0. The van der Waals surface area contributed by atoms with Gasteiger partial charge in [-0.15, -0.1) is 0 Å². The first-order valence-electron chi connectivity index (χ1n) is 5.97. The van der Waals surface area contributed by atoms with Crippen molar-refractivity contribution < 1.29 is 4.79 Å². The quantitative estimate of drug-likeness (QED) is 0.596. The molecule has 0 saturated heterocycles. The average molecular weight is 261 g/mol. The number of carbonyl (C=O) groups excluding carboxylic acids is 1. The zero-order chi connectivity index (χ0) is 10.2. The third kappa shape index (κ3) is 5.14. The van der Waals surface area contributed by atoms with E-state index < -0.39 is 0 Å². The van der Waals surface area contributed by atoms with Crippen molar-refractivity contribution in [2.24, 2.45) is 0 Å². The lowest BCUT2D eigenvalue weighted by Crippen LogP contribution is -2.13. The van der Waals surface area contributed by atoms with Gasteiger partial charge in [-0.3, -0.25) is 4.79 Å². The van der Waals surface area contributed by atoms with Crippen LogP contribution in [0.25, 0.3) is 0 Å². The number of Topliss-reactive ketones (excluding diaryl/α,β-unsaturated/α-hetero) is 1. The molecule has 0 aliphatic heterocycles. The summed E-state index contributed by atoms with van der Waals surface area (Å²) < 4.78 is 0. The second-order valence-electron chi connectivity index (χ2n) is 4.30. The van der Waals surface area contributed by atoms with Crippen molar-refractivity contribution >= 4 is 21.7 Å². The molecular weight excluding hydrogens is 240 g/mol. The van der Waals surface area contributed by atoms with Crippen molar-refractivity contribution in [2.45, 2.75) is 69.0 Å². The van der Waals surface area contributed by atoms with Crippen molar-refractivity contribution in [1.82, 2.24) is 0 Å². The number of alkyl halides is 1. The summed E-state index contributed by atoms with van der Waals surface area (Å²) >= 11 is 3.49. The van der Waals surface area contributed by atoms with Crippen LogP contribution in [0.3, 0.4) is 0 Å². The molecular formula is C12H21BrO. The Balaban J connectivity index is 2.27. The molecule has 0 spiro atoms. The first-order chi connectivity index (χ1) is 6.80. The number of halogens is 1. The van der Waals surface area contributed by atoms with E-state index in [-0.39, 0.29) is 4.83 Å². The molecule has 1 fully saturated rings. The van der Waals surface area contributed by atoms with Gasteiger partial charge in [0.15, 0.2) is 0 Å². The van der Waals surface area contributed by atoms with Crippen molar-refractivity contribution in [3.05, 3.63) is 0 Å². The van der Waals surface area contributed by atoms with Gasteiger partial charge >= 0.3 is 0 Å². The number of ketones is 1. The lowest BCUT2D eigenvalue weighted by molar-refractivity contribution is -0.118. The molecule has 0 bridgehead atoms. The highest BCUT2D eigenvalue weighted by molar-refractivity contribution is 9.10. The van der Waals surface area contributed by atoms with Gasteiger partial charge in [-0.2, -0.15) is 0 Å². The molecule has 0 radical (unpaired) electrons. The normalized spacial score (nSPS) is 27.8. The molecule has 0 amide bonds. The van der Waals surface area contributed by atoms with Crippen LogP contribution < -0.4 is 0 Å². The molecule has 0 heterocycles. The number of hydrogen-bond donors (Lipinski definition) is 0. The fraction of sp³-hybridized carbons (Fsp3) is 0.917. The molecule has 0 aromatic rings. The van der Waals surface area contributed by atoms with Crippen molar-refractivity contribution in [3.8, 4) is 0 Å². The summed E-state index contributed by atoms with van der Waals surface area (Å²) in [5, 5.41) is 0. The Morgan fingerprint density at radius 2 is 1.36 bits per heavy atom. The predicted octanol–water partition coefficient (Wildman–Crippen LogP) is 4.23. The molecule has 1 nitrogen and oxygen atoms in total. The number of rotatable bonds is 0. The van der Waals surface area contributed by atoms with Gasteiger partial charge in [-0.1, -0.05) is 60.9 Å². The van der Waals surface area contributed by atoms with E-state index in [1.807, 2.05) is 0 Å². The second kappa shape index (κ2) is 7.44. The summed E-state index contributed by atoms with van der Waals surface area (Å²) in [4.78, 5) is 11.7. The third-order valence-electron chi connectivity index (χ3n) is 2.98. The molecule has 82 valence electrons. The Morgan fingerprint density at radius 1 is 0.857 bits per heavy atom. The summed E-state index contributed by atoms with van der Waals surface area (Å²) in [6.07, 6.45) is 12.1. The van der Waals surface area contributed by atoms with Crippen LogP contribution >= 0.6 is 15.9 Å². The maximum atomic E-state index is 11.6. The lowest BCUT2D eigenvalue weighted by Gasteiger charge is -2.10. The van der Waals surface area contributed by atoms with Gasteiger partial charge in [-0.25, -0.2) is 0 Å². The highest BCUT2D eigenvalue weighted by Crippen LogP contribution is 2.18. The monoisotopic (exact) mass is 260 g/mol. The molecule has 2 heteroatoms. The molecule has 1 atom stereocenters. The lowest BCUT2D eigenvalue weighted by atomic mass is 10.0. The molecule has 14 heavy (non-hydrogen) atoms. The Morgan fingerprint density at radius 3 is 2.00 bits per heavy atom. The standard InChI is InChI=1S/C12H21BrO/c13-11-9-7-5-3-1-2-4-6-8-10-12(11)14/h11H,1-10H2. The van der Waals surface area contributed by atoms with Crippen LogP contribution in [0.2, 0.25) is 0 Å². The zero-order valence-electron chi connectivity index (χ0n) is 8.93.